The highest BCUT2D eigenvalue weighted by Crippen LogP contribution is 2.23. The summed E-state index contributed by atoms with van der Waals surface area (Å²) in [5.74, 6) is 0.0325. The Labute approximate surface area is 158 Å². The third-order valence-corrected chi connectivity index (χ3v) is 5.42. The van der Waals surface area contributed by atoms with Gasteiger partial charge in [-0.2, -0.15) is 5.10 Å². The predicted molar refractivity (Wildman–Crippen MR) is 107 cm³/mol. The quantitative estimate of drug-likeness (QED) is 0.663. The van der Waals surface area contributed by atoms with Crippen LogP contribution in [0, 0.1) is 13.8 Å². The Morgan fingerprint density at radius 1 is 1.08 bits per heavy atom. The summed E-state index contributed by atoms with van der Waals surface area (Å²) in [6, 6.07) is 20.0. The van der Waals surface area contributed by atoms with Crippen molar-refractivity contribution in [1.82, 2.24) is 15.1 Å². The van der Waals surface area contributed by atoms with E-state index in [-0.39, 0.29) is 11.2 Å². The molecule has 1 amide bonds. The minimum atomic E-state index is -0.151. The predicted octanol–water partition coefficient (Wildman–Crippen LogP) is 4.29. The Morgan fingerprint density at radius 2 is 1.69 bits per heavy atom. The van der Waals surface area contributed by atoms with Crippen LogP contribution in [0.5, 0.6) is 0 Å². The van der Waals surface area contributed by atoms with Gasteiger partial charge in [0.05, 0.1) is 16.6 Å². The van der Waals surface area contributed by atoms with Crippen molar-refractivity contribution in [3.05, 3.63) is 77.6 Å². The molecule has 1 atom stereocenters. The van der Waals surface area contributed by atoms with Crippen LogP contribution in [0.3, 0.4) is 0 Å². The zero-order chi connectivity index (χ0) is 18.5. The minimum Gasteiger partial charge on any atom is -0.351 e. The summed E-state index contributed by atoms with van der Waals surface area (Å²) in [6.07, 6.45) is 0. The van der Waals surface area contributed by atoms with Gasteiger partial charge >= 0.3 is 0 Å². The van der Waals surface area contributed by atoms with Crippen LogP contribution >= 0.6 is 11.8 Å². The minimum absolute atomic E-state index is 0.0325. The first-order valence-corrected chi connectivity index (χ1v) is 9.54. The van der Waals surface area contributed by atoms with Crippen molar-refractivity contribution in [2.45, 2.75) is 37.5 Å². The van der Waals surface area contributed by atoms with Crippen molar-refractivity contribution < 1.29 is 4.79 Å². The molecule has 134 valence electrons. The fourth-order valence-electron chi connectivity index (χ4n) is 2.83. The van der Waals surface area contributed by atoms with Crippen LogP contribution in [0.15, 0.2) is 65.6 Å². The van der Waals surface area contributed by atoms with Gasteiger partial charge in [0.2, 0.25) is 5.91 Å². The molecular weight excluding hydrogens is 342 g/mol. The molecule has 0 spiro atoms. The summed E-state index contributed by atoms with van der Waals surface area (Å²) in [7, 11) is 0. The summed E-state index contributed by atoms with van der Waals surface area (Å²) >= 11 is 1.56. The summed E-state index contributed by atoms with van der Waals surface area (Å²) in [5.41, 5.74) is 4.09. The second kappa shape index (κ2) is 8.23. The van der Waals surface area contributed by atoms with E-state index in [9.17, 15) is 4.79 Å². The van der Waals surface area contributed by atoms with E-state index in [0.29, 0.717) is 6.54 Å². The summed E-state index contributed by atoms with van der Waals surface area (Å²) < 4.78 is 1.93. The van der Waals surface area contributed by atoms with Crippen LogP contribution < -0.4 is 5.32 Å². The largest absolute Gasteiger partial charge is 0.351 e. The average Bonchev–Trinajstić information content (AvgIpc) is 2.95. The number of nitrogens with zero attached hydrogens (tertiary/aromatic N) is 2. The Kier molecular flexibility index (Phi) is 5.78. The van der Waals surface area contributed by atoms with E-state index in [1.807, 2.05) is 86.1 Å². The molecule has 5 heteroatoms. The van der Waals surface area contributed by atoms with Gasteiger partial charge in [-0.3, -0.25) is 4.79 Å². The molecule has 26 heavy (non-hydrogen) atoms. The molecule has 0 unspecified atom stereocenters. The molecule has 4 nitrogen and oxygen atoms in total. The first-order chi connectivity index (χ1) is 12.6. The number of aryl methyl sites for hydroxylation is 1. The molecule has 0 aliphatic rings. The molecule has 3 rings (SSSR count). The monoisotopic (exact) mass is 365 g/mol. The topological polar surface area (TPSA) is 46.9 Å². The van der Waals surface area contributed by atoms with Crippen LogP contribution in [0.4, 0.5) is 0 Å². The molecule has 3 aromatic rings. The fourth-order valence-corrected chi connectivity index (χ4v) is 3.74. The SMILES string of the molecule is Cc1nn(-c2ccccc2)c(C)c1CNC(=O)[C@@H](C)Sc1ccccc1. The van der Waals surface area contributed by atoms with Gasteiger partial charge in [0.1, 0.15) is 0 Å². The van der Waals surface area contributed by atoms with E-state index in [1.54, 1.807) is 11.8 Å². The van der Waals surface area contributed by atoms with Crippen LogP contribution in [0.1, 0.15) is 23.9 Å². The molecule has 1 aromatic heterocycles. The van der Waals surface area contributed by atoms with Crippen LogP contribution in [-0.4, -0.2) is 20.9 Å². The lowest BCUT2D eigenvalue weighted by Gasteiger charge is -2.12. The number of amides is 1. The average molecular weight is 366 g/mol. The van der Waals surface area contributed by atoms with E-state index in [1.165, 1.54) is 0 Å². The molecule has 0 saturated carbocycles. The number of para-hydroxylation sites is 1. The van der Waals surface area contributed by atoms with Crippen molar-refractivity contribution in [3.63, 3.8) is 0 Å². The van der Waals surface area contributed by atoms with Gasteiger partial charge in [0, 0.05) is 22.7 Å². The summed E-state index contributed by atoms with van der Waals surface area (Å²) in [6.45, 7) is 6.44. The highest BCUT2D eigenvalue weighted by molar-refractivity contribution is 8.00. The van der Waals surface area contributed by atoms with Gasteiger partial charge in [0.25, 0.3) is 0 Å². The molecule has 1 heterocycles. The zero-order valence-electron chi connectivity index (χ0n) is 15.3. The maximum atomic E-state index is 12.5. The van der Waals surface area contributed by atoms with Crippen molar-refractivity contribution in [2.24, 2.45) is 0 Å². The number of hydrogen-bond acceptors (Lipinski definition) is 3. The van der Waals surface area contributed by atoms with E-state index in [4.69, 9.17) is 0 Å². The highest BCUT2D eigenvalue weighted by Gasteiger charge is 2.17. The zero-order valence-corrected chi connectivity index (χ0v) is 16.1. The molecule has 0 radical (unpaired) electrons. The van der Waals surface area contributed by atoms with Gasteiger partial charge in [-0.1, -0.05) is 36.4 Å². The first-order valence-electron chi connectivity index (χ1n) is 8.66. The Bertz CT molecular complexity index is 875. The standard InChI is InChI=1S/C21H23N3OS/c1-15-20(16(2)24(23-15)18-10-6-4-7-11-18)14-22-21(25)17(3)26-19-12-8-5-9-13-19/h4-13,17H,14H2,1-3H3,(H,22,25)/t17-/m1/s1. The number of thioether (sulfide) groups is 1. The first kappa shape index (κ1) is 18.3. The second-order valence-electron chi connectivity index (χ2n) is 6.19. The number of hydrogen-bond donors (Lipinski definition) is 1. The number of carbonyl (C=O) groups excluding carboxylic acids is 1. The Hall–Kier alpha value is -2.53. The molecular formula is C21H23N3OS. The van der Waals surface area contributed by atoms with Crippen LogP contribution in [0.2, 0.25) is 0 Å². The van der Waals surface area contributed by atoms with E-state index in [2.05, 4.69) is 10.4 Å². The van der Waals surface area contributed by atoms with Crippen molar-refractivity contribution in [1.29, 1.82) is 0 Å². The lowest BCUT2D eigenvalue weighted by molar-refractivity contribution is -0.120. The Balaban J connectivity index is 1.66. The molecule has 0 bridgehead atoms. The molecule has 0 saturated heterocycles. The second-order valence-corrected chi connectivity index (χ2v) is 7.60. The normalized spacial score (nSPS) is 12.0. The van der Waals surface area contributed by atoms with Crippen molar-refractivity contribution in [2.75, 3.05) is 0 Å². The molecule has 0 aliphatic carbocycles. The number of carbonyl (C=O) groups is 1. The summed E-state index contributed by atoms with van der Waals surface area (Å²) in [4.78, 5) is 13.6. The smallest absolute Gasteiger partial charge is 0.233 e. The van der Waals surface area contributed by atoms with Crippen molar-refractivity contribution in [3.8, 4) is 5.69 Å². The van der Waals surface area contributed by atoms with Gasteiger partial charge in [-0.25, -0.2) is 4.68 Å². The molecule has 0 fully saturated rings. The lowest BCUT2D eigenvalue weighted by Crippen LogP contribution is -2.30. The molecule has 1 N–H and O–H groups in total. The highest BCUT2D eigenvalue weighted by atomic mass is 32.2. The Morgan fingerprint density at radius 3 is 2.35 bits per heavy atom. The number of nitrogens with one attached hydrogen (secondary N) is 1. The third-order valence-electron chi connectivity index (χ3n) is 4.31. The maximum absolute atomic E-state index is 12.5. The van der Waals surface area contributed by atoms with Gasteiger partial charge < -0.3 is 5.32 Å². The number of aromatic nitrogens is 2. The molecule has 0 aliphatic heterocycles. The summed E-state index contributed by atoms with van der Waals surface area (Å²) in [5, 5.41) is 7.53. The van der Waals surface area contributed by atoms with E-state index < -0.39 is 0 Å². The van der Waals surface area contributed by atoms with E-state index >= 15 is 0 Å². The van der Waals surface area contributed by atoms with Gasteiger partial charge in [-0.05, 0) is 45.0 Å². The van der Waals surface area contributed by atoms with Crippen LogP contribution in [-0.2, 0) is 11.3 Å². The molecule has 2 aromatic carbocycles. The van der Waals surface area contributed by atoms with E-state index in [0.717, 1.165) is 27.5 Å². The lowest BCUT2D eigenvalue weighted by atomic mass is 10.2. The maximum Gasteiger partial charge on any atom is 0.233 e. The van der Waals surface area contributed by atoms with Gasteiger partial charge in [0.15, 0.2) is 0 Å². The fraction of sp³-hybridized carbons (Fsp3) is 0.238. The van der Waals surface area contributed by atoms with Gasteiger partial charge in [-0.15, -0.1) is 11.8 Å². The third kappa shape index (κ3) is 4.17. The van der Waals surface area contributed by atoms with Crippen molar-refractivity contribution >= 4 is 17.7 Å². The number of rotatable bonds is 6. The number of benzene rings is 2. The van der Waals surface area contributed by atoms with Crippen LogP contribution in [0.25, 0.3) is 5.69 Å².